The van der Waals surface area contributed by atoms with Gasteiger partial charge < -0.3 is 4.74 Å². The van der Waals surface area contributed by atoms with Gasteiger partial charge in [0, 0.05) is 0 Å². The first-order valence-corrected chi connectivity index (χ1v) is 5.37. The highest BCUT2D eigenvalue weighted by Crippen LogP contribution is 2.24. The van der Waals surface area contributed by atoms with E-state index < -0.39 is 0 Å². The minimum atomic E-state index is 0.548. The molecule has 0 unspecified atom stereocenters. The number of ether oxygens (including phenoxy) is 1. The van der Waals surface area contributed by atoms with Crippen molar-refractivity contribution in [2.24, 2.45) is 0 Å². The molecule has 0 aliphatic heterocycles. The molecule has 0 spiro atoms. The summed E-state index contributed by atoms with van der Waals surface area (Å²) in [7, 11) is 0. The Balaban J connectivity index is 1.97. The molecule has 0 atom stereocenters. The molecule has 0 saturated heterocycles. The van der Waals surface area contributed by atoms with Crippen LogP contribution >= 0.6 is 11.3 Å². The van der Waals surface area contributed by atoms with Gasteiger partial charge in [0.15, 0.2) is 5.06 Å². The molecule has 15 heavy (non-hydrogen) atoms. The lowest BCUT2D eigenvalue weighted by Gasteiger charge is -2.02. The van der Waals surface area contributed by atoms with Crippen LogP contribution in [0.2, 0.25) is 0 Å². The van der Waals surface area contributed by atoms with E-state index in [1.165, 1.54) is 11.3 Å². The van der Waals surface area contributed by atoms with E-state index in [2.05, 4.69) is 6.07 Å². The monoisotopic (exact) mass is 215 g/mol. The van der Waals surface area contributed by atoms with Crippen molar-refractivity contribution >= 4 is 11.3 Å². The van der Waals surface area contributed by atoms with E-state index in [0.29, 0.717) is 11.5 Å². The molecule has 0 saturated carbocycles. The number of rotatable bonds is 3. The van der Waals surface area contributed by atoms with E-state index in [1.54, 1.807) is 6.07 Å². The molecule has 0 bridgehead atoms. The van der Waals surface area contributed by atoms with Crippen LogP contribution in [0.3, 0.4) is 0 Å². The van der Waals surface area contributed by atoms with Crippen LogP contribution < -0.4 is 4.74 Å². The zero-order valence-electron chi connectivity index (χ0n) is 8.01. The van der Waals surface area contributed by atoms with Crippen molar-refractivity contribution in [1.29, 1.82) is 5.26 Å². The summed E-state index contributed by atoms with van der Waals surface area (Å²) in [5, 5.41) is 9.43. The van der Waals surface area contributed by atoms with Gasteiger partial charge in [0.2, 0.25) is 0 Å². The average Bonchev–Trinajstić information content (AvgIpc) is 2.76. The Labute approximate surface area is 92.4 Å². The summed E-state index contributed by atoms with van der Waals surface area (Å²) in [6.07, 6.45) is 0. The number of thiophene rings is 1. The normalized spacial score (nSPS) is 9.53. The summed E-state index contributed by atoms with van der Waals surface area (Å²) in [6, 6.07) is 15.6. The fourth-order valence-electron chi connectivity index (χ4n) is 1.19. The van der Waals surface area contributed by atoms with Crippen LogP contribution in [0, 0.1) is 11.3 Å². The Morgan fingerprint density at radius 2 is 1.93 bits per heavy atom. The van der Waals surface area contributed by atoms with Gasteiger partial charge in [-0.25, -0.2) is 0 Å². The molecule has 2 rings (SSSR count). The Kier molecular flexibility index (Phi) is 3.01. The van der Waals surface area contributed by atoms with Gasteiger partial charge in [-0.2, -0.15) is 5.26 Å². The van der Waals surface area contributed by atoms with Crippen molar-refractivity contribution in [1.82, 2.24) is 0 Å². The van der Waals surface area contributed by atoms with Gasteiger partial charge in [-0.05, 0) is 17.7 Å². The Hall–Kier alpha value is -1.79. The Morgan fingerprint density at radius 3 is 2.60 bits per heavy atom. The summed E-state index contributed by atoms with van der Waals surface area (Å²) < 4.78 is 5.54. The van der Waals surface area contributed by atoms with E-state index in [-0.39, 0.29) is 0 Å². The van der Waals surface area contributed by atoms with Crippen LogP contribution in [-0.2, 0) is 6.61 Å². The van der Waals surface area contributed by atoms with Crippen LogP contribution in [-0.4, -0.2) is 0 Å². The van der Waals surface area contributed by atoms with Crippen LogP contribution in [0.1, 0.15) is 10.4 Å². The second-order valence-corrected chi connectivity index (χ2v) is 4.05. The van der Waals surface area contributed by atoms with Crippen molar-refractivity contribution < 1.29 is 4.74 Å². The summed E-state index contributed by atoms with van der Waals surface area (Å²) >= 11 is 1.37. The van der Waals surface area contributed by atoms with Crippen LogP contribution in [0.5, 0.6) is 5.06 Å². The van der Waals surface area contributed by atoms with E-state index >= 15 is 0 Å². The third-order valence-electron chi connectivity index (χ3n) is 1.92. The molecule has 0 fully saturated rings. The predicted octanol–water partition coefficient (Wildman–Crippen LogP) is 3.20. The van der Waals surface area contributed by atoms with E-state index in [9.17, 15) is 0 Å². The molecule has 0 N–H and O–H groups in total. The van der Waals surface area contributed by atoms with Gasteiger partial charge in [-0.1, -0.05) is 41.7 Å². The molecule has 0 aliphatic rings. The zero-order valence-corrected chi connectivity index (χ0v) is 8.83. The lowest BCUT2D eigenvalue weighted by atomic mass is 10.2. The standard InChI is InChI=1S/C12H9NOS/c13-8-11-6-7-12(15-11)14-9-10-4-2-1-3-5-10/h1-7H,9H2. The molecule has 2 aromatic rings. The number of hydrogen-bond acceptors (Lipinski definition) is 3. The minimum Gasteiger partial charge on any atom is -0.479 e. The molecule has 0 radical (unpaired) electrons. The zero-order chi connectivity index (χ0) is 10.5. The minimum absolute atomic E-state index is 0.548. The lowest BCUT2D eigenvalue weighted by molar-refractivity contribution is 0.315. The van der Waals surface area contributed by atoms with Crippen molar-refractivity contribution in [2.45, 2.75) is 6.61 Å². The van der Waals surface area contributed by atoms with Crippen molar-refractivity contribution in [3.8, 4) is 11.1 Å². The number of benzene rings is 1. The second kappa shape index (κ2) is 4.63. The fourth-order valence-corrected chi connectivity index (χ4v) is 1.84. The molecule has 1 heterocycles. The Morgan fingerprint density at radius 1 is 1.13 bits per heavy atom. The maximum Gasteiger partial charge on any atom is 0.175 e. The summed E-state index contributed by atoms with van der Waals surface area (Å²) in [5.74, 6) is 0. The van der Waals surface area contributed by atoms with Gasteiger partial charge in [0.05, 0.1) is 0 Å². The predicted molar refractivity (Wildman–Crippen MR) is 59.8 cm³/mol. The maximum atomic E-state index is 8.64. The highest BCUT2D eigenvalue weighted by Gasteiger charge is 1.99. The third kappa shape index (κ3) is 2.58. The largest absolute Gasteiger partial charge is 0.479 e. The molecule has 74 valence electrons. The first kappa shape index (κ1) is 9.75. The smallest absolute Gasteiger partial charge is 0.175 e. The fraction of sp³-hybridized carbons (Fsp3) is 0.0833. The van der Waals surface area contributed by atoms with Crippen LogP contribution in [0.25, 0.3) is 0 Å². The third-order valence-corrected chi connectivity index (χ3v) is 2.82. The molecular weight excluding hydrogens is 206 g/mol. The van der Waals surface area contributed by atoms with Gasteiger partial charge in [-0.15, -0.1) is 0 Å². The molecule has 3 heteroatoms. The van der Waals surface area contributed by atoms with E-state index in [1.807, 2.05) is 36.4 Å². The van der Waals surface area contributed by atoms with Crippen molar-refractivity contribution in [3.05, 3.63) is 52.9 Å². The highest BCUT2D eigenvalue weighted by atomic mass is 32.1. The van der Waals surface area contributed by atoms with E-state index in [4.69, 9.17) is 10.00 Å². The SMILES string of the molecule is N#Cc1ccc(OCc2ccccc2)s1. The van der Waals surface area contributed by atoms with Crippen molar-refractivity contribution in [2.75, 3.05) is 0 Å². The van der Waals surface area contributed by atoms with E-state index in [0.717, 1.165) is 10.6 Å². The van der Waals surface area contributed by atoms with Gasteiger partial charge in [0.25, 0.3) is 0 Å². The number of nitriles is 1. The molecule has 0 aliphatic carbocycles. The topological polar surface area (TPSA) is 33.0 Å². The van der Waals surface area contributed by atoms with Crippen LogP contribution in [0.4, 0.5) is 0 Å². The van der Waals surface area contributed by atoms with Crippen LogP contribution in [0.15, 0.2) is 42.5 Å². The van der Waals surface area contributed by atoms with Gasteiger partial charge in [0.1, 0.15) is 17.6 Å². The summed E-state index contributed by atoms with van der Waals surface area (Å²) in [5.41, 5.74) is 1.13. The lowest BCUT2D eigenvalue weighted by Crippen LogP contribution is -1.92. The average molecular weight is 215 g/mol. The molecule has 1 aromatic heterocycles. The van der Waals surface area contributed by atoms with Crippen molar-refractivity contribution in [3.63, 3.8) is 0 Å². The molecule has 0 amide bonds. The number of hydrogen-bond donors (Lipinski definition) is 0. The van der Waals surface area contributed by atoms with Gasteiger partial charge >= 0.3 is 0 Å². The maximum absolute atomic E-state index is 8.64. The number of nitrogens with zero attached hydrogens (tertiary/aromatic N) is 1. The quantitative estimate of drug-likeness (QED) is 0.787. The molecular formula is C12H9NOS. The van der Waals surface area contributed by atoms with Gasteiger partial charge in [-0.3, -0.25) is 0 Å². The first-order valence-electron chi connectivity index (χ1n) is 4.55. The molecule has 2 nitrogen and oxygen atoms in total. The Bertz CT molecular complexity index is 470. The second-order valence-electron chi connectivity index (χ2n) is 3.00. The first-order chi connectivity index (χ1) is 7.38. The summed E-state index contributed by atoms with van der Waals surface area (Å²) in [6.45, 7) is 0.548. The molecule has 1 aromatic carbocycles. The highest BCUT2D eigenvalue weighted by molar-refractivity contribution is 7.14. The summed E-state index contributed by atoms with van der Waals surface area (Å²) in [4.78, 5) is 0.679.